The van der Waals surface area contributed by atoms with Gasteiger partial charge in [-0.15, -0.1) is 0 Å². The van der Waals surface area contributed by atoms with Crippen LogP contribution in [0.5, 0.6) is 0 Å². The molecule has 22 heavy (non-hydrogen) atoms. The third kappa shape index (κ3) is 5.68. The van der Waals surface area contributed by atoms with Crippen molar-refractivity contribution in [2.75, 3.05) is 26.3 Å². The molecule has 1 aromatic carbocycles. The van der Waals surface area contributed by atoms with Crippen molar-refractivity contribution in [1.82, 2.24) is 10.6 Å². The molecule has 1 fully saturated rings. The van der Waals surface area contributed by atoms with Crippen molar-refractivity contribution >= 4 is 5.96 Å². The molecule has 0 spiro atoms. The summed E-state index contributed by atoms with van der Waals surface area (Å²) >= 11 is 0. The lowest BCUT2D eigenvalue weighted by atomic mass is 10.1. The Morgan fingerprint density at radius 2 is 2.05 bits per heavy atom. The fourth-order valence-corrected chi connectivity index (χ4v) is 2.57. The van der Waals surface area contributed by atoms with Crippen LogP contribution in [-0.4, -0.2) is 38.3 Å². The number of hydrogen-bond donors (Lipinski definition) is 2. The average molecular weight is 303 g/mol. The largest absolute Gasteiger partial charge is 0.382 e. The first-order valence-corrected chi connectivity index (χ1v) is 8.52. The molecule has 0 saturated heterocycles. The predicted molar refractivity (Wildman–Crippen MR) is 92.4 cm³/mol. The van der Waals surface area contributed by atoms with Crippen LogP contribution in [0.25, 0.3) is 0 Å². The van der Waals surface area contributed by atoms with Gasteiger partial charge in [0.05, 0.1) is 0 Å². The average Bonchev–Trinajstić information content (AvgIpc) is 3.31. The minimum Gasteiger partial charge on any atom is -0.382 e. The van der Waals surface area contributed by atoms with Gasteiger partial charge in [0.25, 0.3) is 0 Å². The Morgan fingerprint density at radius 1 is 1.23 bits per heavy atom. The van der Waals surface area contributed by atoms with Gasteiger partial charge in [-0.25, -0.2) is 0 Å². The highest BCUT2D eigenvalue weighted by atomic mass is 16.5. The van der Waals surface area contributed by atoms with E-state index in [-0.39, 0.29) is 0 Å². The number of unbranched alkanes of at least 4 members (excludes halogenated alkanes) is 1. The van der Waals surface area contributed by atoms with Crippen molar-refractivity contribution in [3.63, 3.8) is 0 Å². The molecular weight excluding hydrogens is 274 g/mol. The molecule has 1 saturated carbocycles. The second-order valence-electron chi connectivity index (χ2n) is 5.67. The Hall–Kier alpha value is -1.55. The first-order chi connectivity index (χ1) is 10.8. The summed E-state index contributed by atoms with van der Waals surface area (Å²) in [5, 5.41) is 6.89. The maximum Gasteiger partial charge on any atom is 0.191 e. The third-order valence-electron chi connectivity index (χ3n) is 3.86. The summed E-state index contributed by atoms with van der Waals surface area (Å²) in [6.45, 7) is 7.53. The molecule has 0 aromatic heterocycles. The van der Waals surface area contributed by atoms with Crippen molar-refractivity contribution in [2.24, 2.45) is 4.99 Å². The number of hydrogen-bond acceptors (Lipinski definition) is 2. The van der Waals surface area contributed by atoms with Crippen LogP contribution >= 0.6 is 0 Å². The van der Waals surface area contributed by atoms with E-state index in [0.29, 0.717) is 12.0 Å². The molecule has 2 atom stereocenters. The van der Waals surface area contributed by atoms with Gasteiger partial charge < -0.3 is 15.4 Å². The molecule has 0 heterocycles. The van der Waals surface area contributed by atoms with Gasteiger partial charge in [-0.1, -0.05) is 30.3 Å². The van der Waals surface area contributed by atoms with Gasteiger partial charge in [-0.3, -0.25) is 4.99 Å². The molecule has 0 radical (unpaired) electrons. The maximum atomic E-state index is 5.35. The molecule has 122 valence electrons. The minimum atomic E-state index is 0.517. The molecule has 1 aliphatic rings. The quantitative estimate of drug-likeness (QED) is 0.419. The summed E-state index contributed by atoms with van der Waals surface area (Å²) in [6.07, 6.45) is 3.34. The molecule has 2 N–H and O–H groups in total. The van der Waals surface area contributed by atoms with Crippen LogP contribution in [0.4, 0.5) is 0 Å². The summed E-state index contributed by atoms with van der Waals surface area (Å²) < 4.78 is 5.35. The van der Waals surface area contributed by atoms with Gasteiger partial charge in [0.2, 0.25) is 0 Å². The van der Waals surface area contributed by atoms with E-state index in [1.54, 1.807) is 0 Å². The van der Waals surface area contributed by atoms with Crippen molar-refractivity contribution in [3.8, 4) is 0 Å². The van der Waals surface area contributed by atoms with Gasteiger partial charge in [0.1, 0.15) is 0 Å². The van der Waals surface area contributed by atoms with Crippen molar-refractivity contribution in [1.29, 1.82) is 0 Å². The highest BCUT2D eigenvalue weighted by molar-refractivity contribution is 5.80. The first-order valence-electron chi connectivity index (χ1n) is 8.52. The first kappa shape index (κ1) is 16.8. The lowest BCUT2D eigenvalue weighted by molar-refractivity contribution is 0.144. The molecule has 2 rings (SSSR count). The number of nitrogens with zero attached hydrogens (tertiary/aromatic N) is 1. The Morgan fingerprint density at radius 3 is 2.77 bits per heavy atom. The zero-order chi connectivity index (χ0) is 15.6. The normalized spacial score (nSPS) is 20.7. The smallest absolute Gasteiger partial charge is 0.191 e. The fraction of sp³-hybridized carbons (Fsp3) is 0.611. The van der Waals surface area contributed by atoms with E-state index in [9.17, 15) is 0 Å². The zero-order valence-electron chi connectivity index (χ0n) is 13.8. The van der Waals surface area contributed by atoms with Crippen LogP contribution in [0.1, 0.15) is 44.6 Å². The van der Waals surface area contributed by atoms with E-state index in [0.717, 1.165) is 45.1 Å². The molecule has 1 aliphatic carbocycles. The van der Waals surface area contributed by atoms with Crippen LogP contribution in [0, 0.1) is 0 Å². The summed E-state index contributed by atoms with van der Waals surface area (Å²) in [5.41, 5.74) is 1.42. The van der Waals surface area contributed by atoms with E-state index in [4.69, 9.17) is 4.74 Å². The van der Waals surface area contributed by atoms with Gasteiger partial charge in [0.15, 0.2) is 5.96 Å². The predicted octanol–water partition coefficient (Wildman–Crippen LogP) is 2.91. The van der Waals surface area contributed by atoms with E-state index in [1.807, 2.05) is 6.92 Å². The second-order valence-corrected chi connectivity index (χ2v) is 5.67. The molecule has 4 heteroatoms. The highest BCUT2D eigenvalue weighted by Gasteiger charge is 2.38. The molecule has 4 nitrogen and oxygen atoms in total. The summed E-state index contributed by atoms with van der Waals surface area (Å²) in [6, 6.07) is 11.2. The zero-order valence-corrected chi connectivity index (χ0v) is 13.8. The summed E-state index contributed by atoms with van der Waals surface area (Å²) in [4.78, 5) is 4.66. The van der Waals surface area contributed by atoms with Crippen LogP contribution < -0.4 is 10.6 Å². The van der Waals surface area contributed by atoms with E-state index < -0.39 is 0 Å². The fourth-order valence-electron chi connectivity index (χ4n) is 2.57. The standard InChI is InChI=1S/C18H29N3O/c1-3-19-18(20-12-8-9-13-22-4-2)21-17-14-16(17)15-10-6-5-7-11-15/h5-7,10-11,16-17H,3-4,8-9,12-14H2,1-2H3,(H2,19,20,21). The van der Waals surface area contributed by atoms with Crippen LogP contribution in [-0.2, 0) is 4.74 Å². The molecule has 0 amide bonds. The van der Waals surface area contributed by atoms with Gasteiger partial charge in [0, 0.05) is 38.3 Å². The van der Waals surface area contributed by atoms with E-state index in [2.05, 4.69) is 52.9 Å². The van der Waals surface area contributed by atoms with Gasteiger partial charge in [-0.05, 0) is 38.7 Å². The van der Waals surface area contributed by atoms with Crippen molar-refractivity contribution in [2.45, 2.75) is 45.1 Å². The Balaban J connectivity index is 1.73. The Kier molecular flexibility index (Phi) is 7.23. The van der Waals surface area contributed by atoms with Crippen molar-refractivity contribution < 1.29 is 4.74 Å². The molecule has 0 aliphatic heterocycles. The Bertz CT molecular complexity index is 447. The Labute approximate surface area is 134 Å². The maximum absolute atomic E-state index is 5.35. The summed E-state index contributed by atoms with van der Waals surface area (Å²) in [7, 11) is 0. The lowest BCUT2D eigenvalue weighted by Crippen LogP contribution is -2.39. The number of benzene rings is 1. The number of guanidine groups is 1. The SMILES string of the molecule is CCNC(=NCCCCOCC)NC1CC1c1ccccc1. The molecule has 1 aromatic rings. The van der Waals surface area contributed by atoms with Gasteiger partial charge in [-0.2, -0.15) is 0 Å². The van der Waals surface area contributed by atoms with Crippen LogP contribution in [0.2, 0.25) is 0 Å². The van der Waals surface area contributed by atoms with Gasteiger partial charge >= 0.3 is 0 Å². The summed E-state index contributed by atoms with van der Waals surface area (Å²) in [5.74, 6) is 1.57. The van der Waals surface area contributed by atoms with Crippen LogP contribution in [0.3, 0.4) is 0 Å². The number of rotatable bonds is 9. The molecule has 2 unspecified atom stereocenters. The third-order valence-corrected chi connectivity index (χ3v) is 3.86. The second kappa shape index (κ2) is 9.46. The number of aliphatic imine (C=N–C) groups is 1. The molecular formula is C18H29N3O. The number of nitrogens with one attached hydrogen (secondary N) is 2. The lowest BCUT2D eigenvalue weighted by Gasteiger charge is -2.11. The minimum absolute atomic E-state index is 0.517. The number of ether oxygens (including phenoxy) is 1. The highest BCUT2D eigenvalue weighted by Crippen LogP contribution is 2.40. The monoisotopic (exact) mass is 303 g/mol. The topological polar surface area (TPSA) is 45.7 Å². The van der Waals surface area contributed by atoms with E-state index >= 15 is 0 Å². The van der Waals surface area contributed by atoms with Crippen LogP contribution in [0.15, 0.2) is 35.3 Å². The van der Waals surface area contributed by atoms with E-state index in [1.165, 1.54) is 12.0 Å². The molecule has 0 bridgehead atoms. The van der Waals surface area contributed by atoms with Crippen molar-refractivity contribution in [3.05, 3.63) is 35.9 Å².